The molecule has 4 nitrogen and oxygen atoms in total. The molecule has 2 aromatic rings. The van der Waals surface area contributed by atoms with Crippen molar-refractivity contribution in [2.45, 2.75) is 32.9 Å². The second-order valence-corrected chi connectivity index (χ2v) is 6.04. The topological polar surface area (TPSA) is 50.4 Å². The van der Waals surface area contributed by atoms with Gasteiger partial charge in [-0.25, -0.2) is 4.79 Å². The van der Waals surface area contributed by atoms with Crippen molar-refractivity contribution in [3.05, 3.63) is 60.2 Å². The van der Waals surface area contributed by atoms with E-state index >= 15 is 0 Å². The highest BCUT2D eigenvalue weighted by Crippen LogP contribution is 2.16. The minimum atomic E-state index is -0.499. The highest BCUT2D eigenvalue weighted by atomic mass is 16.6. The second kappa shape index (κ2) is 6.98. The summed E-state index contributed by atoms with van der Waals surface area (Å²) < 4.78 is 5.21. The highest BCUT2D eigenvalue weighted by molar-refractivity contribution is 5.85. The van der Waals surface area contributed by atoms with Gasteiger partial charge in [0, 0.05) is 17.9 Å². The summed E-state index contributed by atoms with van der Waals surface area (Å²) in [5.41, 5.74) is 2.43. The predicted molar refractivity (Wildman–Crippen MR) is 90.1 cm³/mol. The van der Waals surface area contributed by atoms with E-state index in [-0.39, 0.29) is 0 Å². The number of ether oxygens (including phenoxy) is 1. The fraction of sp³-hybridized carbons (Fsp3) is 0.278. The van der Waals surface area contributed by atoms with Crippen LogP contribution in [0.1, 0.15) is 26.3 Å². The molecule has 0 heterocycles. The summed E-state index contributed by atoms with van der Waals surface area (Å²) in [5.74, 6) is 0. The summed E-state index contributed by atoms with van der Waals surface area (Å²) in [6.45, 7) is 6.27. The van der Waals surface area contributed by atoms with Gasteiger partial charge in [-0.3, -0.25) is 5.32 Å². The average Bonchev–Trinajstić information content (AvgIpc) is 2.45. The monoisotopic (exact) mass is 298 g/mol. The minimum absolute atomic E-state index is 0.447. The lowest BCUT2D eigenvalue weighted by atomic mass is 10.2. The van der Waals surface area contributed by atoms with E-state index in [1.165, 1.54) is 5.56 Å². The molecule has 0 aliphatic carbocycles. The van der Waals surface area contributed by atoms with Crippen molar-refractivity contribution in [2.24, 2.45) is 0 Å². The molecular weight excluding hydrogens is 276 g/mol. The van der Waals surface area contributed by atoms with Gasteiger partial charge in [0.05, 0.1) is 0 Å². The van der Waals surface area contributed by atoms with Crippen molar-refractivity contribution in [3.8, 4) is 0 Å². The predicted octanol–water partition coefficient (Wildman–Crippen LogP) is 4.65. The third-order valence-corrected chi connectivity index (χ3v) is 2.87. The van der Waals surface area contributed by atoms with Gasteiger partial charge in [0.1, 0.15) is 5.60 Å². The van der Waals surface area contributed by atoms with Crippen molar-refractivity contribution < 1.29 is 9.53 Å². The Balaban J connectivity index is 1.86. The zero-order chi connectivity index (χ0) is 16.0. The molecule has 0 atom stereocenters. The van der Waals surface area contributed by atoms with Crippen LogP contribution in [0.15, 0.2) is 54.6 Å². The molecule has 116 valence electrons. The molecule has 2 N–H and O–H groups in total. The Morgan fingerprint density at radius 1 is 0.955 bits per heavy atom. The van der Waals surface area contributed by atoms with Crippen LogP contribution in [-0.2, 0) is 11.3 Å². The third-order valence-electron chi connectivity index (χ3n) is 2.87. The van der Waals surface area contributed by atoms with Gasteiger partial charge >= 0.3 is 6.09 Å². The lowest BCUT2D eigenvalue weighted by molar-refractivity contribution is 0.0636. The Hall–Kier alpha value is -2.49. The summed E-state index contributed by atoms with van der Waals surface area (Å²) in [4.78, 5) is 11.7. The van der Waals surface area contributed by atoms with E-state index in [0.29, 0.717) is 5.69 Å². The summed E-state index contributed by atoms with van der Waals surface area (Å²) in [6.07, 6.45) is -0.447. The lowest BCUT2D eigenvalue weighted by Crippen LogP contribution is -2.27. The standard InChI is InChI=1S/C18H22N2O2/c1-18(2,3)22-17(21)20-16-11-9-15(10-12-16)19-13-14-7-5-4-6-8-14/h4-12,19H,13H2,1-3H3,(H,20,21). The van der Waals surface area contributed by atoms with E-state index < -0.39 is 11.7 Å². The summed E-state index contributed by atoms with van der Waals surface area (Å²) >= 11 is 0. The first kappa shape index (κ1) is 15.9. The van der Waals surface area contributed by atoms with Crippen molar-refractivity contribution in [3.63, 3.8) is 0 Å². The molecule has 2 rings (SSSR count). The molecule has 22 heavy (non-hydrogen) atoms. The molecule has 0 aliphatic heterocycles. The third kappa shape index (κ3) is 5.48. The molecule has 0 saturated heterocycles. The molecule has 2 aromatic carbocycles. The van der Waals surface area contributed by atoms with E-state index in [4.69, 9.17) is 4.74 Å². The number of benzene rings is 2. The molecule has 0 unspecified atom stereocenters. The van der Waals surface area contributed by atoms with Crippen LogP contribution in [0.2, 0.25) is 0 Å². The number of amides is 1. The number of hydrogen-bond acceptors (Lipinski definition) is 3. The number of nitrogens with one attached hydrogen (secondary N) is 2. The normalized spacial score (nSPS) is 10.9. The van der Waals surface area contributed by atoms with E-state index in [1.54, 1.807) is 0 Å². The molecule has 0 aliphatic rings. The molecule has 4 heteroatoms. The summed E-state index contributed by atoms with van der Waals surface area (Å²) in [7, 11) is 0. The van der Waals surface area contributed by atoms with Crippen LogP contribution in [0.4, 0.5) is 16.2 Å². The van der Waals surface area contributed by atoms with Gasteiger partial charge in [0.15, 0.2) is 0 Å². The van der Waals surface area contributed by atoms with Crippen LogP contribution in [0.25, 0.3) is 0 Å². The second-order valence-electron chi connectivity index (χ2n) is 6.04. The SMILES string of the molecule is CC(C)(C)OC(=O)Nc1ccc(NCc2ccccc2)cc1. The summed E-state index contributed by atoms with van der Waals surface area (Å²) in [5, 5.41) is 6.05. The van der Waals surface area contributed by atoms with Gasteiger partial charge in [-0.05, 0) is 50.6 Å². The van der Waals surface area contributed by atoms with E-state index in [0.717, 1.165) is 12.2 Å². The van der Waals surface area contributed by atoms with Crippen LogP contribution >= 0.6 is 0 Å². The first-order chi connectivity index (χ1) is 10.4. The molecule has 0 bridgehead atoms. The molecule has 0 aromatic heterocycles. The van der Waals surface area contributed by atoms with Gasteiger partial charge in [-0.15, -0.1) is 0 Å². The number of hydrogen-bond donors (Lipinski definition) is 2. The maximum absolute atomic E-state index is 11.7. The van der Waals surface area contributed by atoms with Crippen molar-refractivity contribution >= 4 is 17.5 Å². The van der Waals surface area contributed by atoms with Crippen molar-refractivity contribution in [1.29, 1.82) is 0 Å². The zero-order valence-corrected chi connectivity index (χ0v) is 13.2. The molecular formula is C18H22N2O2. The maximum atomic E-state index is 11.7. The highest BCUT2D eigenvalue weighted by Gasteiger charge is 2.15. The Labute approximate surface area is 131 Å². The Bertz CT molecular complexity index is 601. The number of carbonyl (C=O) groups is 1. The van der Waals surface area contributed by atoms with Crippen LogP contribution in [-0.4, -0.2) is 11.7 Å². The van der Waals surface area contributed by atoms with Crippen molar-refractivity contribution in [2.75, 3.05) is 10.6 Å². The van der Waals surface area contributed by atoms with Crippen LogP contribution in [0, 0.1) is 0 Å². The average molecular weight is 298 g/mol. The Morgan fingerprint density at radius 3 is 2.14 bits per heavy atom. The minimum Gasteiger partial charge on any atom is -0.444 e. The lowest BCUT2D eigenvalue weighted by Gasteiger charge is -2.19. The molecule has 0 fully saturated rings. The molecule has 1 amide bonds. The van der Waals surface area contributed by atoms with Gasteiger partial charge < -0.3 is 10.1 Å². The van der Waals surface area contributed by atoms with Crippen LogP contribution in [0.3, 0.4) is 0 Å². The van der Waals surface area contributed by atoms with E-state index in [2.05, 4.69) is 22.8 Å². The van der Waals surface area contributed by atoms with E-state index in [9.17, 15) is 4.79 Å². The zero-order valence-electron chi connectivity index (χ0n) is 13.2. The molecule has 0 radical (unpaired) electrons. The largest absolute Gasteiger partial charge is 0.444 e. The van der Waals surface area contributed by atoms with Crippen molar-refractivity contribution in [1.82, 2.24) is 0 Å². The fourth-order valence-corrected chi connectivity index (χ4v) is 1.89. The quantitative estimate of drug-likeness (QED) is 0.864. The van der Waals surface area contributed by atoms with Crippen LogP contribution < -0.4 is 10.6 Å². The van der Waals surface area contributed by atoms with Gasteiger partial charge in [0.25, 0.3) is 0 Å². The Morgan fingerprint density at radius 2 is 1.55 bits per heavy atom. The summed E-state index contributed by atoms with van der Waals surface area (Å²) in [6, 6.07) is 17.7. The molecule has 0 spiro atoms. The van der Waals surface area contributed by atoms with Gasteiger partial charge in [-0.1, -0.05) is 30.3 Å². The number of rotatable bonds is 4. The fourth-order valence-electron chi connectivity index (χ4n) is 1.89. The maximum Gasteiger partial charge on any atom is 0.412 e. The first-order valence-electron chi connectivity index (χ1n) is 7.30. The van der Waals surface area contributed by atoms with Gasteiger partial charge in [-0.2, -0.15) is 0 Å². The van der Waals surface area contributed by atoms with E-state index in [1.807, 2.05) is 63.2 Å². The number of anilines is 2. The molecule has 0 saturated carbocycles. The van der Waals surface area contributed by atoms with Gasteiger partial charge in [0.2, 0.25) is 0 Å². The number of carbonyl (C=O) groups excluding carboxylic acids is 1. The smallest absolute Gasteiger partial charge is 0.412 e. The van der Waals surface area contributed by atoms with Crippen LogP contribution in [0.5, 0.6) is 0 Å². The Kier molecular flexibility index (Phi) is 5.04. The first-order valence-corrected chi connectivity index (χ1v) is 7.30.